The highest BCUT2D eigenvalue weighted by Gasteiger charge is 2.23. The summed E-state index contributed by atoms with van der Waals surface area (Å²) in [5.74, 6) is -1.50. The molecule has 0 aliphatic heterocycles. The van der Waals surface area contributed by atoms with Gasteiger partial charge in [0.15, 0.2) is 5.65 Å². The van der Waals surface area contributed by atoms with Gasteiger partial charge < -0.3 is 15.5 Å². The van der Waals surface area contributed by atoms with E-state index >= 15 is 0 Å². The molecule has 1 amide bonds. The molecule has 0 saturated heterocycles. The average molecular weight is 318 g/mol. The molecule has 0 aromatic carbocycles. The molecule has 0 bridgehead atoms. The molecule has 8 heteroatoms. The van der Waals surface area contributed by atoms with E-state index in [1.54, 1.807) is 4.52 Å². The predicted octanol–water partition coefficient (Wildman–Crippen LogP) is 0.982. The first-order valence-electron chi connectivity index (χ1n) is 7.61. The van der Waals surface area contributed by atoms with Crippen LogP contribution in [0.4, 0.5) is 0 Å². The Kier molecular flexibility index (Phi) is 4.14. The van der Waals surface area contributed by atoms with Crippen molar-refractivity contribution in [3.63, 3.8) is 0 Å². The zero-order valence-corrected chi connectivity index (χ0v) is 12.5. The van der Waals surface area contributed by atoms with E-state index in [-0.39, 0.29) is 17.0 Å². The quantitative estimate of drug-likeness (QED) is 0.756. The second kappa shape index (κ2) is 6.23. The number of hydrogen-bond acceptors (Lipinski definition) is 5. The van der Waals surface area contributed by atoms with Crippen molar-refractivity contribution in [3.8, 4) is 5.75 Å². The van der Waals surface area contributed by atoms with Crippen molar-refractivity contribution in [2.24, 2.45) is 5.92 Å². The number of carbonyl (C=O) groups is 2. The van der Waals surface area contributed by atoms with Gasteiger partial charge in [0, 0.05) is 11.8 Å². The second-order valence-electron chi connectivity index (χ2n) is 5.82. The van der Waals surface area contributed by atoms with Gasteiger partial charge in [-0.15, -0.1) is 0 Å². The number of amides is 1. The van der Waals surface area contributed by atoms with Crippen molar-refractivity contribution in [2.45, 2.75) is 32.1 Å². The Morgan fingerprint density at radius 2 is 2.09 bits per heavy atom. The molecule has 2 aromatic rings. The van der Waals surface area contributed by atoms with E-state index in [0.29, 0.717) is 5.92 Å². The molecule has 2 aromatic heterocycles. The summed E-state index contributed by atoms with van der Waals surface area (Å²) in [6, 6.07) is 1.52. The lowest BCUT2D eigenvalue weighted by molar-refractivity contribution is -0.135. The maximum Gasteiger partial charge on any atom is 0.322 e. The Labute approximate surface area is 132 Å². The van der Waals surface area contributed by atoms with Crippen LogP contribution in [-0.2, 0) is 11.2 Å². The van der Waals surface area contributed by atoms with Crippen molar-refractivity contribution in [1.29, 1.82) is 0 Å². The van der Waals surface area contributed by atoms with E-state index in [1.807, 2.05) is 0 Å². The third-order valence-electron chi connectivity index (χ3n) is 4.20. The van der Waals surface area contributed by atoms with E-state index in [2.05, 4.69) is 15.4 Å². The van der Waals surface area contributed by atoms with E-state index in [9.17, 15) is 14.7 Å². The van der Waals surface area contributed by atoms with Crippen molar-refractivity contribution in [3.05, 3.63) is 23.7 Å². The van der Waals surface area contributed by atoms with Crippen LogP contribution in [0.15, 0.2) is 12.4 Å². The molecule has 0 unspecified atom stereocenters. The number of carboxylic acid groups (broad SMARTS) is 1. The van der Waals surface area contributed by atoms with Crippen LogP contribution < -0.4 is 5.32 Å². The highest BCUT2D eigenvalue weighted by molar-refractivity contribution is 6.03. The van der Waals surface area contributed by atoms with Gasteiger partial charge in [-0.25, -0.2) is 9.50 Å². The van der Waals surface area contributed by atoms with Gasteiger partial charge in [0.2, 0.25) is 0 Å². The smallest absolute Gasteiger partial charge is 0.322 e. The van der Waals surface area contributed by atoms with E-state index in [1.165, 1.54) is 25.2 Å². The number of aliphatic carboxylic acids is 1. The van der Waals surface area contributed by atoms with Gasteiger partial charge in [-0.3, -0.25) is 9.59 Å². The first kappa shape index (κ1) is 15.3. The molecule has 122 valence electrons. The van der Waals surface area contributed by atoms with Crippen LogP contribution in [0.25, 0.3) is 5.65 Å². The van der Waals surface area contributed by atoms with Crippen LogP contribution in [-0.4, -0.2) is 43.2 Å². The number of carboxylic acids is 1. The molecule has 1 fully saturated rings. The van der Waals surface area contributed by atoms with Crippen LogP contribution in [0.2, 0.25) is 0 Å². The summed E-state index contributed by atoms with van der Waals surface area (Å²) >= 11 is 0. The third kappa shape index (κ3) is 3.10. The van der Waals surface area contributed by atoms with Crippen molar-refractivity contribution < 1.29 is 19.8 Å². The number of pyridine rings is 1. The number of fused-ring (bicyclic) bond motifs is 1. The van der Waals surface area contributed by atoms with Gasteiger partial charge in [-0.2, -0.15) is 5.10 Å². The van der Waals surface area contributed by atoms with Crippen molar-refractivity contribution >= 4 is 17.5 Å². The number of nitrogens with zero attached hydrogens (tertiary/aromatic N) is 3. The van der Waals surface area contributed by atoms with Gasteiger partial charge in [0.05, 0.1) is 0 Å². The lowest BCUT2D eigenvalue weighted by atomic mass is 10.0. The fraction of sp³-hybridized carbons (Fsp3) is 0.467. The zero-order valence-electron chi connectivity index (χ0n) is 12.5. The number of nitrogens with one attached hydrogen (secondary N) is 1. The van der Waals surface area contributed by atoms with E-state index in [4.69, 9.17) is 5.11 Å². The molecular weight excluding hydrogens is 300 g/mol. The summed E-state index contributed by atoms with van der Waals surface area (Å²) in [4.78, 5) is 26.7. The second-order valence-corrected chi connectivity index (χ2v) is 5.82. The minimum Gasteiger partial charge on any atom is -0.507 e. The fourth-order valence-corrected chi connectivity index (χ4v) is 3.15. The lowest BCUT2D eigenvalue weighted by Crippen LogP contribution is -2.30. The largest absolute Gasteiger partial charge is 0.507 e. The summed E-state index contributed by atoms with van der Waals surface area (Å²) in [7, 11) is 0. The molecule has 1 saturated carbocycles. The minimum absolute atomic E-state index is 0.0566. The van der Waals surface area contributed by atoms with Gasteiger partial charge in [0.1, 0.15) is 24.2 Å². The van der Waals surface area contributed by atoms with Crippen LogP contribution in [0, 0.1) is 5.92 Å². The Balaban J connectivity index is 1.94. The van der Waals surface area contributed by atoms with Gasteiger partial charge >= 0.3 is 5.97 Å². The Bertz CT molecular complexity index is 749. The Morgan fingerprint density at radius 1 is 1.35 bits per heavy atom. The summed E-state index contributed by atoms with van der Waals surface area (Å²) in [6.07, 6.45) is 6.82. The predicted molar refractivity (Wildman–Crippen MR) is 80.3 cm³/mol. The van der Waals surface area contributed by atoms with Crippen molar-refractivity contribution in [1.82, 2.24) is 19.9 Å². The van der Waals surface area contributed by atoms with Gasteiger partial charge in [-0.05, 0) is 12.3 Å². The highest BCUT2D eigenvalue weighted by Crippen LogP contribution is 2.30. The Hall–Kier alpha value is -2.64. The maximum atomic E-state index is 12.1. The first-order valence-corrected chi connectivity index (χ1v) is 7.61. The summed E-state index contributed by atoms with van der Waals surface area (Å²) < 4.78 is 1.55. The summed E-state index contributed by atoms with van der Waals surface area (Å²) in [6.45, 7) is -0.525. The molecule has 0 radical (unpaired) electrons. The molecule has 1 aliphatic rings. The molecule has 23 heavy (non-hydrogen) atoms. The molecule has 1 aliphatic carbocycles. The normalized spacial score (nSPS) is 15.1. The molecule has 3 N–H and O–H groups in total. The first-order chi connectivity index (χ1) is 11.1. The SMILES string of the molecule is O=C(O)CNC(=O)c1c(O)cc(CC2CCCC2)n2ncnc12. The van der Waals surface area contributed by atoms with Crippen LogP contribution in [0.1, 0.15) is 41.7 Å². The molecule has 0 atom stereocenters. The van der Waals surface area contributed by atoms with Crippen LogP contribution >= 0.6 is 0 Å². The molecular formula is C15H18N4O4. The summed E-state index contributed by atoms with van der Waals surface area (Å²) in [5, 5.41) is 25.2. The summed E-state index contributed by atoms with van der Waals surface area (Å²) in [5.41, 5.74) is 0.983. The van der Waals surface area contributed by atoms with E-state index < -0.39 is 18.4 Å². The van der Waals surface area contributed by atoms with Gasteiger partial charge in [0.25, 0.3) is 5.91 Å². The molecule has 8 nitrogen and oxygen atoms in total. The maximum absolute atomic E-state index is 12.1. The average Bonchev–Trinajstić information content (AvgIpc) is 3.16. The third-order valence-corrected chi connectivity index (χ3v) is 4.20. The number of hydrogen-bond donors (Lipinski definition) is 3. The monoisotopic (exact) mass is 318 g/mol. The lowest BCUT2D eigenvalue weighted by Gasteiger charge is -2.13. The minimum atomic E-state index is -1.16. The molecule has 2 heterocycles. The van der Waals surface area contributed by atoms with E-state index in [0.717, 1.165) is 25.0 Å². The number of rotatable bonds is 5. The zero-order chi connectivity index (χ0) is 16.4. The highest BCUT2D eigenvalue weighted by atomic mass is 16.4. The topological polar surface area (TPSA) is 117 Å². The molecule has 0 spiro atoms. The number of aromatic hydroxyl groups is 1. The fourth-order valence-electron chi connectivity index (χ4n) is 3.15. The number of carbonyl (C=O) groups excluding carboxylic acids is 1. The van der Waals surface area contributed by atoms with Crippen LogP contribution in [0.3, 0.4) is 0 Å². The Morgan fingerprint density at radius 3 is 2.78 bits per heavy atom. The standard InChI is InChI=1S/C15H18N4O4/c20-11-6-10(5-9-3-1-2-4-9)19-14(17-8-18-19)13(11)15(23)16-7-12(21)22/h6,8-9,20H,1-5,7H2,(H,16,23)(H,21,22). The van der Waals surface area contributed by atoms with Crippen LogP contribution in [0.5, 0.6) is 5.75 Å². The van der Waals surface area contributed by atoms with Crippen molar-refractivity contribution in [2.75, 3.05) is 6.54 Å². The number of aromatic nitrogens is 3. The van der Waals surface area contributed by atoms with Gasteiger partial charge in [-0.1, -0.05) is 25.7 Å². The molecule has 3 rings (SSSR count).